The third kappa shape index (κ3) is 6.85. The lowest BCUT2D eigenvalue weighted by molar-refractivity contribution is 0.0523. The molecule has 1 aromatic rings. The van der Waals surface area contributed by atoms with Crippen molar-refractivity contribution in [1.82, 2.24) is 15.5 Å². The topological polar surface area (TPSA) is 58.1 Å². The highest BCUT2D eigenvalue weighted by Crippen LogP contribution is 2.41. The van der Waals surface area contributed by atoms with Gasteiger partial charge in [0.1, 0.15) is 5.75 Å². The quantitative estimate of drug-likeness (QED) is 0.283. The molecule has 0 bridgehead atoms. The molecule has 31 heavy (non-hydrogen) atoms. The van der Waals surface area contributed by atoms with Gasteiger partial charge < -0.3 is 20.1 Å². The molecule has 2 heterocycles. The van der Waals surface area contributed by atoms with Crippen molar-refractivity contribution < 1.29 is 9.47 Å². The second-order valence-corrected chi connectivity index (χ2v) is 8.67. The van der Waals surface area contributed by atoms with Crippen LogP contribution >= 0.6 is 35.6 Å². The molecule has 2 aliphatic rings. The Kier molecular flexibility index (Phi) is 11.2. The van der Waals surface area contributed by atoms with E-state index in [2.05, 4.69) is 29.4 Å². The number of aliphatic imine (C=N–C) groups is 1. The fourth-order valence-corrected chi connectivity index (χ4v) is 4.87. The van der Waals surface area contributed by atoms with Gasteiger partial charge in [0.25, 0.3) is 0 Å². The molecular formula is C23H38ClIN4O2. The first-order valence-corrected chi connectivity index (χ1v) is 11.7. The van der Waals surface area contributed by atoms with Gasteiger partial charge in [0.15, 0.2) is 5.96 Å². The Morgan fingerprint density at radius 2 is 2.06 bits per heavy atom. The highest BCUT2D eigenvalue weighted by atomic mass is 127. The van der Waals surface area contributed by atoms with E-state index in [9.17, 15) is 0 Å². The molecule has 1 aromatic carbocycles. The van der Waals surface area contributed by atoms with Crippen molar-refractivity contribution in [3.05, 3.63) is 28.8 Å². The van der Waals surface area contributed by atoms with Gasteiger partial charge in [-0.25, -0.2) is 0 Å². The van der Waals surface area contributed by atoms with E-state index in [-0.39, 0.29) is 29.4 Å². The number of hydrogen-bond acceptors (Lipinski definition) is 4. The van der Waals surface area contributed by atoms with Crippen LogP contribution < -0.4 is 15.4 Å². The highest BCUT2D eigenvalue weighted by molar-refractivity contribution is 14.0. The molecular weight excluding hydrogens is 527 g/mol. The van der Waals surface area contributed by atoms with E-state index in [1.165, 1.54) is 19.4 Å². The van der Waals surface area contributed by atoms with E-state index in [4.69, 9.17) is 26.1 Å². The summed E-state index contributed by atoms with van der Waals surface area (Å²) < 4.78 is 11.4. The first-order valence-electron chi connectivity index (χ1n) is 11.3. The largest absolute Gasteiger partial charge is 0.496 e. The van der Waals surface area contributed by atoms with Gasteiger partial charge in [-0.1, -0.05) is 18.5 Å². The number of hydrogen-bond donors (Lipinski definition) is 2. The summed E-state index contributed by atoms with van der Waals surface area (Å²) in [5.74, 6) is 1.76. The van der Waals surface area contributed by atoms with Crippen molar-refractivity contribution in [2.75, 3.05) is 53.0 Å². The molecule has 0 aliphatic carbocycles. The van der Waals surface area contributed by atoms with Crippen LogP contribution in [0.5, 0.6) is 5.75 Å². The molecule has 176 valence electrons. The summed E-state index contributed by atoms with van der Waals surface area (Å²) in [6.07, 6.45) is 4.34. The Balaban J connectivity index is 0.00000341. The fourth-order valence-electron chi connectivity index (χ4n) is 4.70. The summed E-state index contributed by atoms with van der Waals surface area (Å²) in [7, 11) is 1.72. The third-order valence-corrected chi connectivity index (χ3v) is 6.71. The lowest BCUT2D eigenvalue weighted by Crippen LogP contribution is -2.46. The number of nitrogens with one attached hydrogen (secondary N) is 2. The minimum Gasteiger partial charge on any atom is -0.496 e. The summed E-state index contributed by atoms with van der Waals surface area (Å²) in [6.45, 7) is 10.5. The van der Waals surface area contributed by atoms with E-state index in [0.29, 0.717) is 12.6 Å². The molecule has 8 heteroatoms. The molecule has 2 N–H and O–H groups in total. The number of nitrogens with zero attached hydrogens (tertiary/aromatic N) is 2. The molecule has 2 aliphatic heterocycles. The predicted molar refractivity (Wildman–Crippen MR) is 139 cm³/mol. The van der Waals surface area contributed by atoms with Crippen LogP contribution in [0, 0.1) is 0 Å². The zero-order valence-corrected chi connectivity index (χ0v) is 22.2. The number of rotatable bonds is 8. The van der Waals surface area contributed by atoms with Gasteiger partial charge in [-0.2, -0.15) is 0 Å². The maximum absolute atomic E-state index is 6.37. The molecule has 6 nitrogen and oxygen atoms in total. The Hall–Kier alpha value is -0.770. The van der Waals surface area contributed by atoms with Gasteiger partial charge in [0.05, 0.1) is 13.7 Å². The van der Waals surface area contributed by atoms with Gasteiger partial charge >= 0.3 is 0 Å². The van der Waals surface area contributed by atoms with Crippen LogP contribution in [0.25, 0.3) is 0 Å². The summed E-state index contributed by atoms with van der Waals surface area (Å²) in [5, 5.41) is 7.73. The number of guanidine groups is 1. The molecule has 0 aromatic heterocycles. The number of methoxy groups -OCH3 is 1. The SMILES string of the molecule is CCNC(=NCC1(c2cc(Cl)ccc2OC)CCOCC1)NCC1CCCN1CC.I. The number of likely N-dealkylation sites (tertiary alicyclic amines) is 1. The van der Waals surface area contributed by atoms with Crippen LogP contribution in [0.2, 0.25) is 5.02 Å². The van der Waals surface area contributed by atoms with Crippen molar-refractivity contribution in [2.45, 2.75) is 51.0 Å². The van der Waals surface area contributed by atoms with Crippen molar-refractivity contribution >= 4 is 41.5 Å². The average Bonchev–Trinajstić information content (AvgIpc) is 3.24. The van der Waals surface area contributed by atoms with Gasteiger partial charge in [0, 0.05) is 48.3 Å². The Morgan fingerprint density at radius 3 is 2.74 bits per heavy atom. The van der Waals surface area contributed by atoms with Crippen molar-refractivity contribution in [2.24, 2.45) is 4.99 Å². The van der Waals surface area contributed by atoms with Crippen molar-refractivity contribution in [3.8, 4) is 5.75 Å². The first kappa shape index (κ1) is 26.5. The van der Waals surface area contributed by atoms with Crippen molar-refractivity contribution in [3.63, 3.8) is 0 Å². The van der Waals surface area contributed by atoms with E-state index >= 15 is 0 Å². The fraction of sp³-hybridized carbons (Fsp3) is 0.696. The van der Waals surface area contributed by atoms with Crippen LogP contribution in [0.1, 0.15) is 45.1 Å². The molecule has 0 spiro atoms. The zero-order chi connectivity index (χ0) is 21.4. The Morgan fingerprint density at radius 1 is 1.29 bits per heavy atom. The standard InChI is InChI=1S/C23H37ClN4O2.HI/c1-4-25-22(26-16-19-7-6-12-28(19)5-2)27-17-23(10-13-30-14-11-23)20-15-18(24)8-9-21(20)29-3;/h8-9,15,19H,4-7,10-14,16-17H2,1-3H3,(H2,25,26,27);1H. The van der Waals surface area contributed by atoms with Crippen LogP contribution in [-0.4, -0.2) is 69.9 Å². The predicted octanol–water partition coefficient (Wildman–Crippen LogP) is 4.05. The number of likely N-dealkylation sites (N-methyl/N-ethyl adjacent to an activating group) is 1. The van der Waals surface area contributed by atoms with Crippen LogP contribution in [0.15, 0.2) is 23.2 Å². The summed E-state index contributed by atoms with van der Waals surface area (Å²) in [5.41, 5.74) is 0.994. The van der Waals surface area contributed by atoms with Crippen LogP contribution in [0.4, 0.5) is 0 Å². The summed E-state index contributed by atoms with van der Waals surface area (Å²) in [4.78, 5) is 7.57. The van der Waals surface area contributed by atoms with Gasteiger partial charge in [-0.15, -0.1) is 24.0 Å². The lowest BCUT2D eigenvalue weighted by Gasteiger charge is -2.37. The molecule has 0 amide bonds. The van der Waals surface area contributed by atoms with Gasteiger partial charge in [-0.3, -0.25) is 9.89 Å². The lowest BCUT2D eigenvalue weighted by atomic mass is 9.73. The number of ether oxygens (including phenoxy) is 2. The van der Waals surface area contributed by atoms with Crippen LogP contribution in [-0.2, 0) is 10.2 Å². The zero-order valence-electron chi connectivity index (χ0n) is 19.1. The summed E-state index contributed by atoms with van der Waals surface area (Å²) in [6, 6.07) is 6.47. The molecule has 2 saturated heterocycles. The van der Waals surface area contributed by atoms with Gasteiger partial charge in [0.2, 0.25) is 0 Å². The van der Waals surface area contributed by atoms with E-state index < -0.39 is 0 Å². The number of halogens is 2. The molecule has 1 atom stereocenters. The average molecular weight is 565 g/mol. The molecule has 0 radical (unpaired) electrons. The molecule has 1 unspecified atom stereocenters. The van der Waals surface area contributed by atoms with E-state index in [1.54, 1.807) is 7.11 Å². The van der Waals surface area contributed by atoms with Crippen molar-refractivity contribution in [1.29, 1.82) is 0 Å². The Bertz CT molecular complexity index is 713. The van der Waals surface area contributed by atoms with Gasteiger partial charge in [-0.05, 0) is 63.9 Å². The molecule has 0 saturated carbocycles. The van der Waals surface area contributed by atoms with E-state index in [0.717, 1.165) is 68.0 Å². The molecule has 3 rings (SSSR count). The number of benzene rings is 1. The monoisotopic (exact) mass is 564 g/mol. The maximum Gasteiger partial charge on any atom is 0.191 e. The summed E-state index contributed by atoms with van der Waals surface area (Å²) >= 11 is 6.37. The maximum atomic E-state index is 6.37. The third-order valence-electron chi connectivity index (χ3n) is 6.48. The molecule has 2 fully saturated rings. The Labute approximate surface area is 209 Å². The minimum absolute atomic E-state index is 0. The van der Waals surface area contributed by atoms with E-state index in [1.807, 2.05) is 18.2 Å². The second-order valence-electron chi connectivity index (χ2n) is 8.24. The minimum atomic E-state index is -0.139. The highest BCUT2D eigenvalue weighted by Gasteiger charge is 2.37. The van der Waals surface area contributed by atoms with Crippen LogP contribution in [0.3, 0.4) is 0 Å². The normalized spacial score (nSPS) is 21.4. The first-order chi connectivity index (χ1) is 14.6. The smallest absolute Gasteiger partial charge is 0.191 e. The second kappa shape index (κ2) is 13.1.